The van der Waals surface area contributed by atoms with Crippen molar-refractivity contribution in [1.29, 1.82) is 10.5 Å². The van der Waals surface area contributed by atoms with Crippen molar-refractivity contribution >= 4 is 52.8 Å². The van der Waals surface area contributed by atoms with E-state index in [1.807, 2.05) is 4.90 Å². The van der Waals surface area contributed by atoms with E-state index in [9.17, 15) is 36.9 Å². The number of nitriles is 2. The molecular weight excluding hydrogens is 1250 g/mol. The number of hydrogen-bond donors (Lipinski definition) is 4. The van der Waals surface area contributed by atoms with E-state index in [0.29, 0.717) is 56.8 Å². The molecule has 21 nitrogen and oxygen atoms in total. The lowest BCUT2D eigenvalue weighted by atomic mass is 9.78. The molecule has 12 heterocycles. The van der Waals surface area contributed by atoms with Crippen molar-refractivity contribution in [3.05, 3.63) is 106 Å². The highest BCUT2D eigenvalue weighted by molar-refractivity contribution is 5.61. The van der Waals surface area contributed by atoms with Gasteiger partial charge in [0.2, 0.25) is 17.8 Å². The minimum atomic E-state index is -5.03. The Kier molecular flexibility index (Phi) is 18.4. The summed E-state index contributed by atoms with van der Waals surface area (Å²) in [5.41, 5.74) is -5.83. The number of nitrogens with one attached hydrogen (secondary N) is 4. The van der Waals surface area contributed by atoms with E-state index >= 15 is 22.0 Å². The van der Waals surface area contributed by atoms with Crippen LogP contribution in [0.2, 0.25) is 0 Å². The van der Waals surface area contributed by atoms with E-state index in [1.54, 1.807) is 18.1 Å². The number of alkyl halides is 11. The van der Waals surface area contributed by atoms with Crippen molar-refractivity contribution in [1.82, 2.24) is 50.2 Å². The highest BCUT2D eigenvalue weighted by atomic mass is 19.4. The molecule has 0 radical (unpaired) electrons. The third-order valence-electron chi connectivity index (χ3n) is 18.3. The molecule has 6 aliphatic rings. The Labute approximate surface area is 532 Å². The Balaban J connectivity index is 0.861. The van der Waals surface area contributed by atoms with Gasteiger partial charge in [0.25, 0.3) is 5.92 Å². The lowest BCUT2D eigenvalue weighted by Crippen LogP contribution is -2.36. The molecule has 6 saturated heterocycles. The van der Waals surface area contributed by atoms with Crippen LogP contribution in [-0.2, 0) is 50.0 Å². The molecule has 0 amide bonds. The topological polar surface area (TPSA) is 249 Å². The fourth-order valence-corrected chi connectivity index (χ4v) is 13.2. The number of aromatic nitrogens is 9. The molecule has 3 unspecified atom stereocenters. The van der Waals surface area contributed by atoms with Crippen LogP contribution in [0, 0.1) is 22.7 Å². The van der Waals surface area contributed by atoms with Gasteiger partial charge >= 0.3 is 18.5 Å². The summed E-state index contributed by atoms with van der Waals surface area (Å²) in [6, 6.07) is 12.8. The molecule has 0 aliphatic carbocycles. The first-order chi connectivity index (χ1) is 44.9. The van der Waals surface area contributed by atoms with Gasteiger partial charge in [0.15, 0.2) is 0 Å². The van der Waals surface area contributed by atoms with Gasteiger partial charge < -0.3 is 50.2 Å². The minimum Gasteiger partial charge on any atom is -0.383 e. The molecule has 0 aromatic carbocycles. The van der Waals surface area contributed by atoms with Gasteiger partial charge in [-0.1, -0.05) is 0 Å². The summed E-state index contributed by atoms with van der Waals surface area (Å²) in [4.78, 5) is 46.1. The highest BCUT2D eigenvalue weighted by Gasteiger charge is 2.52. The summed E-state index contributed by atoms with van der Waals surface area (Å²) >= 11 is 0. The minimum absolute atomic E-state index is 0.00354. The van der Waals surface area contributed by atoms with Crippen LogP contribution in [0.5, 0.6) is 0 Å². The fraction of sp³-hybridized carbons (Fsp3) is 0.532. The second kappa shape index (κ2) is 26.4. The molecular formula is C62H65F11N18O3. The molecule has 3 atom stereocenters. The standard InChI is InChI=1S/C62H65F11N18O3/c1-92-32-42-5-3-17-91(42)55-80-44(36-6-13-76-14-7-36)28-51(87-55)85-50-26-39(62(71,72)73)23-45(79-50)43-31-89(35-59(43,63)64)54-81-46(57(33-74)9-18-93-19-10-57)29-53(86-54)84-49-25-38(61(68,69)70)22-40(78-49)27-41-4-2-16-90(41)56-82-47(58(34-75)11-20-94-21-12-58)30-52(88-56)83-48-24-37(8-15-77-48)60(65,66)67/h8,15,22-26,28-30,36,41-43,76H,2-7,9-14,16-21,27,31-32,35H2,1H3,(H,77,82,83,88)(H,78,81,84,86)(H,79,80,85,87). The zero-order valence-electron chi connectivity index (χ0n) is 50.8. The Hall–Kier alpha value is -8.46. The third-order valence-corrected chi connectivity index (χ3v) is 18.3. The van der Waals surface area contributed by atoms with Crippen LogP contribution in [0.4, 0.5) is 101 Å². The molecule has 6 fully saturated rings. The molecule has 4 N–H and O–H groups in total. The summed E-state index contributed by atoms with van der Waals surface area (Å²) in [5, 5.41) is 33.3. The maximum Gasteiger partial charge on any atom is 0.416 e. The van der Waals surface area contributed by atoms with Crippen LogP contribution in [-0.4, -0.2) is 142 Å². The Morgan fingerprint density at radius 2 is 1.10 bits per heavy atom. The van der Waals surface area contributed by atoms with Gasteiger partial charge in [0.05, 0.1) is 76.7 Å². The second-order valence-corrected chi connectivity index (χ2v) is 24.5. The number of piperidine rings is 1. The summed E-state index contributed by atoms with van der Waals surface area (Å²) in [6.45, 7) is 1.41. The van der Waals surface area contributed by atoms with Gasteiger partial charge in [-0.25, -0.2) is 38.7 Å². The lowest BCUT2D eigenvalue weighted by molar-refractivity contribution is -0.138. The second-order valence-electron chi connectivity index (χ2n) is 24.5. The first-order valence-corrected chi connectivity index (χ1v) is 30.9. The Bertz CT molecular complexity index is 3810. The predicted octanol–water partition coefficient (Wildman–Crippen LogP) is 11.2. The molecule has 6 aromatic heterocycles. The lowest BCUT2D eigenvalue weighted by Gasteiger charge is -2.32. The average Bonchev–Trinajstić information content (AvgIpc) is 1.52. The smallest absolute Gasteiger partial charge is 0.383 e. The van der Waals surface area contributed by atoms with Crippen LogP contribution in [0.15, 0.2) is 60.8 Å². The van der Waals surface area contributed by atoms with E-state index in [4.69, 9.17) is 29.2 Å². The quantitative estimate of drug-likeness (QED) is 0.0620. The SMILES string of the molecule is COCC1CCCN1c1nc(Nc2cc(C(F)(F)F)cc(C3CN(c4nc(Nc5cc(C(F)(F)F)cc(CC6CCCN6c6nc(Nc7cc(C(F)(F)F)ccn7)cc(C7(C#N)CCOCC7)n6)n5)cc(C5(C#N)CCOCC5)n4)CC3(F)F)n2)cc(C2CCNCC2)n1. The van der Waals surface area contributed by atoms with Crippen molar-refractivity contribution in [2.24, 2.45) is 0 Å². The summed E-state index contributed by atoms with van der Waals surface area (Å²) in [7, 11) is 1.58. The number of rotatable bonds is 17. The number of halogens is 11. The average molecular weight is 1320 g/mol. The molecule has 94 heavy (non-hydrogen) atoms. The van der Waals surface area contributed by atoms with E-state index < -0.39 is 100 Å². The molecule has 0 bridgehead atoms. The summed E-state index contributed by atoms with van der Waals surface area (Å²) in [5.74, 6) is -7.08. The summed E-state index contributed by atoms with van der Waals surface area (Å²) < 4.78 is 182. The monoisotopic (exact) mass is 1320 g/mol. The molecule has 0 saturated carbocycles. The molecule has 6 aliphatic heterocycles. The molecule has 6 aromatic rings. The molecule has 12 rings (SSSR count). The van der Waals surface area contributed by atoms with Crippen LogP contribution < -0.4 is 36.0 Å². The van der Waals surface area contributed by atoms with Gasteiger partial charge in [-0.15, -0.1) is 0 Å². The van der Waals surface area contributed by atoms with Crippen molar-refractivity contribution in [2.75, 3.05) is 110 Å². The van der Waals surface area contributed by atoms with E-state index in [0.717, 1.165) is 67.1 Å². The zero-order chi connectivity index (χ0) is 66.2. The summed E-state index contributed by atoms with van der Waals surface area (Å²) in [6.07, 6.45) is -9.33. The van der Waals surface area contributed by atoms with Gasteiger partial charge in [-0.3, -0.25) is 0 Å². The van der Waals surface area contributed by atoms with E-state index in [1.165, 1.54) is 12.1 Å². The largest absolute Gasteiger partial charge is 0.416 e. The van der Waals surface area contributed by atoms with Gasteiger partial charge in [-0.2, -0.15) is 65.0 Å². The van der Waals surface area contributed by atoms with Crippen molar-refractivity contribution < 1.29 is 62.5 Å². The number of anilines is 9. The van der Waals surface area contributed by atoms with Gasteiger partial charge in [0, 0.05) is 102 Å². The predicted molar refractivity (Wildman–Crippen MR) is 319 cm³/mol. The number of hydrogen-bond acceptors (Lipinski definition) is 21. The number of pyridine rings is 3. The van der Waals surface area contributed by atoms with Crippen LogP contribution >= 0.6 is 0 Å². The van der Waals surface area contributed by atoms with Crippen LogP contribution in [0.1, 0.15) is 121 Å². The third kappa shape index (κ3) is 14.3. The van der Waals surface area contributed by atoms with E-state index in [2.05, 4.69) is 63.3 Å². The maximum atomic E-state index is 16.9. The number of nitrogens with zero attached hydrogens (tertiary/aromatic N) is 14. The van der Waals surface area contributed by atoms with Crippen molar-refractivity contribution in [3.63, 3.8) is 0 Å². The molecule has 498 valence electrons. The number of methoxy groups -OCH3 is 1. The Morgan fingerprint density at radius 3 is 1.69 bits per heavy atom. The van der Waals surface area contributed by atoms with E-state index in [-0.39, 0.29) is 123 Å². The fourth-order valence-electron chi connectivity index (χ4n) is 13.2. The Morgan fingerprint density at radius 1 is 0.585 bits per heavy atom. The van der Waals surface area contributed by atoms with Gasteiger partial charge in [0.1, 0.15) is 45.7 Å². The van der Waals surface area contributed by atoms with Crippen LogP contribution in [0.25, 0.3) is 0 Å². The zero-order valence-corrected chi connectivity index (χ0v) is 50.8. The van der Waals surface area contributed by atoms with Crippen LogP contribution in [0.3, 0.4) is 0 Å². The first-order valence-electron chi connectivity index (χ1n) is 30.9. The normalized spacial score (nSPS) is 21.6. The van der Waals surface area contributed by atoms with Crippen molar-refractivity contribution in [3.8, 4) is 12.1 Å². The van der Waals surface area contributed by atoms with Gasteiger partial charge in [-0.05, 0) is 114 Å². The molecule has 0 spiro atoms. The number of ether oxygens (including phenoxy) is 3. The first kappa shape index (κ1) is 65.6. The van der Waals surface area contributed by atoms with Crippen molar-refractivity contribution in [2.45, 2.75) is 130 Å². The maximum absolute atomic E-state index is 16.9. The molecule has 32 heteroatoms. The highest BCUT2D eigenvalue weighted by Crippen LogP contribution is 2.46.